The lowest BCUT2D eigenvalue weighted by Crippen LogP contribution is -2.36. The molecule has 2 amide bonds. The van der Waals surface area contributed by atoms with Crippen molar-refractivity contribution >= 4 is 22.8 Å². The molecular formula is C30H33F2N5O3. The third-order valence-electron chi connectivity index (χ3n) is 7.86. The van der Waals surface area contributed by atoms with Crippen LogP contribution < -0.4 is 5.32 Å². The number of hydrogen-bond acceptors (Lipinski definition) is 5. The maximum absolute atomic E-state index is 16.1. The van der Waals surface area contributed by atoms with Crippen LogP contribution in [0.5, 0.6) is 0 Å². The van der Waals surface area contributed by atoms with E-state index in [1.807, 2.05) is 6.92 Å². The highest BCUT2D eigenvalue weighted by atomic mass is 19.1. The van der Waals surface area contributed by atoms with E-state index in [4.69, 9.17) is 4.52 Å². The number of fused-ring (bicyclic) bond motifs is 1. The van der Waals surface area contributed by atoms with Crippen molar-refractivity contribution < 1.29 is 22.9 Å². The van der Waals surface area contributed by atoms with Gasteiger partial charge in [-0.2, -0.15) is 0 Å². The lowest BCUT2D eigenvalue weighted by molar-refractivity contribution is 0.0827. The summed E-state index contributed by atoms with van der Waals surface area (Å²) in [6, 6.07) is 6.99. The second kappa shape index (κ2) is 11.2. The van der Waals surface area contributed by atoms with Gasteiger partial charge in [0, 0.05) is 31.3 Å². The molecule has 10 heteroatoms. The highest BCUT2D eigenvalue weighted by Gasteiger charge is 2.33. The van der Waals surface area contributed by atoms with Gasteiger partial charge in [0.1, 0.15) is 29.0 Å². The number of aryl methyl sites for hydroxylation is 1. The lowest BCUT2D eigenvalue weighted by atomic mass is 9.79. The fourth-order valence-corrected chi connectivity index (χ4v) is 5.57. The van der Waals surface area contributed by atoms with E-state index in [9.17, 15) is 9.59 Å². The first-order valence-corrected chi connectivity index (χ1v) is 13.6. The number of halogens is 2. The van der Waals surface area contributed by atoms with Crippen molar-refractivity contribution in [2.24, 2.45) is 11.8 Å². The average molecular weight is 550 g/mol. The zero-order chi connectivity index (χ0) is 28.6. The van der Waals surface area contributed by atoms with Crippen LogP contribution >= 0.6 is 0 Å². The van der Waals surface area contributed by atoms with Crippen LogP contribution in [0.1, 0.15) is 77.8 Å². The Labute approximate surface area is 231 Å². The molecule has 40 heavy (non-hydrogen) atoms. The number of aromatic nitrogens is 3. The molecule has 1 fully saturated rings. The smallest absolute Gasteiger partial charge is 0.257 e. The number of carbonyl (C=O) groups is 2. The van der Waals surface area contributed by atoms with Crippen LogP contribution in [0.4, 0.5) is 8.78 Å². The highest BCUT2D eigenvalue weighted by molar-refractivity contribution is 6.01. The molecule has 0 aliphatic heterocycles. The summed E-state index contributed by atoms with van der Waals surface area (Å²) in [5.41, 5.74) is 1.02. The molecule has 4 aromatic rings. The topological polar surface area (TPSA) is 104 Å². The molecule has 1 unspecified atom stereocenters. The highest BCUT2D eigenvalue weighted by Crippen LogP contribution is 2.38. The summed E-state index contributed by atoms with van der Waals surface area (Å²) in [5.74, 6) is -1.43. The number of nitrogens with zero attached hydrogens (tertiary/aromatic N) is 3. The van der Waals surface area contributed by atoms with Crippen molar-refractivity contribution in [1.29, 1.82) is 0 Å². The molecule has 1 aliphatic carbocycles. The average Bonchev–Trinajstić information content (AvgIpc) is 3.59. The predicted molar refractivity (Wildman–Crippen MR) is 147 cm³/mol. The maximum atomic E-state index is 16.1. The Bertz CT molecular complexity index is 1550. The van der Waals surface area contributed by atoms with Crippen molar-refractivity contribution in [3.05, 3.63) is 70.9 Å². The molecular weight excluding hydrogens is 516 g/mol. The molecule has 0 saturated heterocycles. The monoisotopic (exact) mass is 549 g/mol. The van der Waals surface area contributed by atoms with E-state index in [0.717, 1.165) is 25.7 Å². The van der Waals surface area contributed by atoms with E-state index in [1.54, 1.807) is 32.3 Å². The minimum absolute atomic E-state index is 0.0523. The number of H-pyrrole nitrogens is 1. The largest absolute Gasteiger partial charge is 0.364 e. The van der Waals surface area contributed by atoms with Gasteiger partial charge in [-0.1, -0.05) is 50.0 Å². The molecule has 1 aliphatic rings. The standard InChI is InChI=1S/C30H33F2N5O3/c1-5-22-20(15-40-36-22)29(38)35-26(17-12-10-16(2)11-13-17)28-33-23-14-21(31)24(25(32)27(23)34-28)18-8-6-7-9-19(18)30(39)37(3)4/h6-9,14-17,26H,5,10-13H2,1-4H3,(H,33,34)(H,35,38). The van der Waals surface area contributed by atoms with Crippen LogP contribution in [0.3, 0.4) is 0 Å². The molecule has 0 bridgehead atoms. The molecule has 2 aromatic heterocycles. The Morgan fingerprint density at radius 2 is 1.88 bits per heavy atom. The predicted octanol–water partition coefficient (Wildman–Crippen LogP) is 6.06. The summed E-state index contributed by atoms with van der Waals surface area (Å²) >= 11 is 0. The van der Waals surface area contributed by atoms with Gasteiger partial charge in [-0.3, -0.25) is 9.59 Å². The van der Waals surface area contributed by atoms with Crippen molar-refractivity contribution in [2.45, 2.75) is 52.0 Å². The first kappa shape index (κ1) is 27.5. The van der Waals surface area contributed by atoms with Gasteiger partial charge in [0.25, 0.3) is 11.8 Å². The summed E-state index contributed by atoms with van der Waals surface area (Å²) in [6.45, 7) is 4.08. The van der Waals surface area contributed by atoms with E-state index in [0.29, 0.717) is 29.4 Å². The number of hydrogen-bond donors (Lipinski definition) is 2. The third-order valence-corrected chi connectivity index (χ3v) is 7.86. The first-order chi connectivity index (χ1) is 19.2. The Kier molecular flexibility index (Phi) is 7.69. The SMILES string of the molecule is CCc1nocc1C(=O)NC(c1nc2c(F)c(-c3ccccc3C(=O)N(C)C)c(F)cc2[nH]1)C1CCC(C)CC1. The summed E-state index contributed by atoms with van der Waals surface area (Å²) in [7, 11) is 3.16. The number of aromatic amines is 1. The molecule has 2 heterocycles. The fourth-order valence-electron chi connectivity index (χ4n) is 5.57. The zero-order valence-electron chi connectivity index (χ0n) is 23.1. The van der Waals surface area contributed by atoms with Crippen molar-refractivity contribution in [3.8, 4) is 11.1 Å². The second-order valence-corrected chi connectivity index (χ2v) is 10.8. The second-order valence-electron chi connectivity index (χ2n) is 10.8. The number of benzene rings is 2. The number of amides is 2. The van der Waals surface area contributed by atoms with Crippen molar-refractivity contribution in [1.82, 2.24) is 25.3 Å². The van der Waals surface area contributed by atoms with Gasteiger partial charge in [-0.05, 0) is 37.2 Å². The van der Waals surface area contributed by atoms with E-state index >= 15 is 8.78 Å². The molecule has 8 nitrogen and oxygen atoms in total. The minimum Gasteiger partial charge on any atom is -0.364 e. The van der Waals surface area contributed by atoms with Gasteiger partial charge in [0.2, 0.25) is 0 Å². The quantitative estimate of drug-likeness (QED) is 0.292. The van der Waals surface area contributed by atoms with Gasteiger partial charge < -0.3 is 19.7 Å². The molecule has 0 spiro atoms. The van der Waals surface area contributed by atoms with Crippen LogP contribution in [0.15, 0.2) is 41.1 Å². The van der Waals surface area contributed by atoms with E-state index in [2.05, 4.69) is 27.4 Å². The number of rotatable bonds is 7. The Balaban J connectivity index is 1.58. The molecule has 210 valence electrons. The van der Waals surface area contributed by atoms with Crippen LogP contribution in [-0.2, 0) is 6.42 Å². The van der Waals surface area contributed by atoms with Crippen LogP contribution in [0.2, 0.25) is 0 Å². The lowest BCUT2D eigenvalue weighted by Gasteiger charge is -2.32. The van der Waals surface area contributed by atoms with Gasteiger partial charge in [-0.15, -0.1) is 0 Å². The molecule has 2 aromatic carbocycles. The maximum Gasteiger partial charge on any atom is 0.257 e. The van der Waals surface area contributed by atoms with E-state index in [-0.39, 0.29) is 45.5 Å². The normalized spacial score (nSPS) is 18.1. The Morgan fingerprint density at radius 3 is 2.58 bits per heavy atom. The van der Waals surface area contributed by atoms with Crippen LogP contribution in [0.25, 0.3) is 22.2 Å². The van der Waals surface area contributed by atoms with Gasteiger partial charge in [0.15, 0.2) is 5.82 Å². The Morgan fingerprint density at radius 1 is 1.15 bits per heavy atom. The minimum atomic E-state index is -0.869. The summed E-state index contributed by atoms with van der Waals surface area (Å²) in [5, 5.41) is 6.98. The van der Waals surface area contributed by atoms with E-state index in [1.165, 1.54) is 23.3 Å². The fraction of sp³-hybridized carbons (Fsp3) is 0.400. The molecule has 2 N–H and O–H groups in total. The molecule has 0 radical (unpaired) electrons. The number of imidazole rings is 1. The molecule has 1 saturated carbocycles. The molecule has 1 atom stereocenters. The molecule has 5 rings (SSSR count). The van der Waals surface area contributed by atoms with E-state index < -0.39 is 17.7 Å². The Hall–Kier alpha value is -4.08. The third kappa shape index (κ3) is 5.10. The first-order valence-electron chi connectivity index (χ1n) is 13.6. The van der Waals surface area contributed by atoms with Gasteiger partial charge >= 0.3 is 0 Å². The van der Waals surface area contributed by atoms with Crippen LogP contribution in [-0.4, -0.2) is 45.9 Å². The van der Waals surface area contributed by atoms with Gasteiger partial charge in [-0.25, -0.2) is 13.8 Å². The summed E-state index contributed by atoms with van der Waals surface area (Å²) in [6.07, 6.45) is 5.55. The van der Waals surface area contributed by atoms with Crippen molar-refractivity contribution in [2.75, 3.05) is 14.1 Å². The van der Waals surface area contributed by atoms with Gasteiger partial charge in [0.05, 0.1) is 22.8 Å². The summed E-state index contributed by atoms with van der Waals surface area (Å²) in [4.78, 5) is 35.1. The number of nitrogens with one attached hydrogen (secondary N) is 2. The van der Waals surface area contributed by atoms with Crippen LogP contribution in [0, 0.1) is 23.5 Å². The zero-order valence-corrected chi connectivity index (χ0v) is 23.1. The number of carbonyl (C=O) groups excluding carboxylic acids is 2. The summed E-state index contributed by atoms with van der Waals surface area (Å²) < 4.78 is 36.6. The van der Waals surface area contributed by atoms with Crippen molar-refractivity contribution in [3.63, 3.8) is 0 Å².